The molecule has 33 heavy (non-hydrogen) atoms. The molecule has 0 atom stereocenters. The molecule has 2 aliphatic heterocycles. The van der Waals surface area contributed by atoms with E-state index in [4.69, 9.17) is 14.2 Å². The molecule has 1 aromatic carbocycles. The first kappa shape index (κ1) is 21.6. The van der Waals surface area contributed by atoms with Gasteiger partial charge in [0.05, 0.1) is 25.1 Å². The first-order valence-electron chi connectivity index (χ1n) is 11.3. The van der Waals surface area contributed by atoms with E-state index in [-0.39, 0.29) is 6.09 Å². The van der Waals surface area contributed by atoms with Crippen LogP contribution in [-0.2, 0) is 4.74 Å². The Morgan fingerprint density at radius 2 is 1.82 bits per heavy atom. The maximum atomic E-state index is 12.3. The number of benzene rings is 1. The highest BCUT2D eigenvalue weighted by Crippen LogP contribution is 2.24. The number of amides is 1. The average molecular weight is 453 g/mol. The topological polar surface area (TPSA) is 93.5 Å². The Bertz CT molecular complexity index is 1070. The van der Waals surface area contributed by atoms with Gasteiger partial charge in [0.25, 0.3) is 0 Å². The molecule has 0 bridgehead atoms. The molecule has 2 fully saturated rings. The van der Waals surface area contributed by atoms with Crippen molar-refractivity contribution in [2.75, 3.05) is 65.6 Å². The Kier molecular flexibility index (Phi) is 6.66. The molecule has 1 amide bonds. The first-order valence-corrected chi connectivity index (χ1v) is 11.3. The Hall–Kier alpha value is -3.21. The van der Waals surface area contributed by atoms with Gasteiger partial charge in [0.1, 0.15) is 12.4 Å². The van der Waals surface area contributed by atoms with Crippen molar-refractivity contribution < 1.29 is 19.0 Å². The van der Waals surface area contributed by atoms with Gasteiger partial charge in [-0.2, -0.15) is 0 Å². The number of nitrogens with one attached hydrogen (secondary N) is 1. The van der Waals surface area contributed by atoms with Crippen molar-refractivity contribution in [3.8, 4) is 22.9 Å². The van der Waals surface area contributed by atoms with Gasteiger partial charge >= 0.3 is 6.09 Å². The highest BCUT2D eigenvalue weighted by Gasteiger charge is 2.19. The third-order valence-corrected chi connectivity index (χ3v) is 5.83. The zero-order valence-corrected chi connectivity index (χ0v) is 18.5. The van der Waals surface area contributed by atoms with E-state index in [1.807, 2.05) is 24.3 Å². The summed E-state index contributed by atoms with van der Waals surface area (Å²) in [6.07, 6.45) is 1.42. The van der Waals surface area contributed by atoms with Crippen molar-refractivity contribution in [1.29, 1.82) is 0 Å². The zero-order valence-electron chi connectivity index (χ0n) is 18.5. The molecule has 2 aromatic heterocycles. The Morgan fingerprint density at radius 3 is 2.61 bits per heavy atom. The zero-order chi connectivity index (χ0) is 22.5. The van der Waals surface area contributed by atoms with E-state index in [1.54, 1.807) is 27.7 Å². The second kappa shape index (κ2) is 10.2. The fourth-order valence-corrected chi connectivity index (χ4v) is 3.95. The first-order chi connectivity index (χ1) is 16.3. The second-order valence-corrected chi connectivity index (χ2v) is 8.02. The predicted octanol–water partition coefficient (Wildman–Crippen LogP) is 1.51. The molecule has 2 saturated heterocycles. The van der Waals surface area contributed by atoms with Crippen LogP contribution in [0.2, 0.25) is 0 Å². The summed E-state index contributed by atoms with van der Waals surface area (Å²) in [5.41, 5.74) is 2.49. The van der Waals surface area contributed by atoms with Crippen LogP contribution >= 0.6 is 0 Å². The lowest BCUT2D eigenvalue weighted by atomic mass is 10.1. The number of hydrogen-bond donors (Lipinski definition) is 1. The van der Waals surface area contributed by atoms with Crippen molar-refractivity contribution >= 4 is 11.7 Å². The summed E-state index contributed by atoms with van der Waals surface area (Å²) in [5.74, 6) is 1.06. The fourth-order valence-electron chi connectivity index (χ4n) is 3.95. The van der Waals surface area contributed by atoms with Crippen molar-refractivity contribution in [2.45, 2.75) is 0 Å². The lowest BCUT2D eigenvalue weighted by Gasteiger charge is -2.26. The summed E-state index contributed by atoms with van der Waals surface area (Å²) >= 11 is 0. The maximum absolute atomic E-state index is 12.3. The van der Waals surface area contributed by atoms with Crippen molar-refractivity contribution in [1.82, 2.24) is 29.7 Å². The molecular weight excluding hydrogens is 424 g/mol. The summed E-state index contributed by atoms with van der Waals surface area (Å²) in [4.78, 5) is 20.8. The lowest BCUT2D eigenvalue weighted by Crippen LogP contribution is -2.44. The Labute approximate surface area is 192 Å². The quantitative estimate of drug-likeness (QED) is 0.602. The van der Waals surface area contributed by atoms with Gasteiger partial charge in [-0.3, -0.25) is 4.90 Å². The van der Waals surface area contributed by atoms with Gasteiger partial charge in [0.15, 0.2) is 5.65 Å². The number of morpholine rings is 1. The van der Waals surface area contributed by atoms with Crippen LogP contribution in [0.1, 0.15) is 0 Å². The number of aromatic nitrogens is 3. The molecule has 5 rings (SSSR count). The SMILES string of the molecule is O=C(Oc1ccc(-c2cnc3ccc(OCCN4CCNCC4)nn23)cc1)N1CCOCC1. The van der Waals surface area contributed by atoms with Gasteiger partial charge in [-0.25, -0.2) is 14.3 Å². The number of rotatable bonds is 6. The highest BCUT2D eigenvalue weighted by atomic mass is 16.6. The van der Waals surface area contributed by atoms with Gasteiger partial charge in [-0.1, -0.05) is 0 Å². The molecular formula is C23H28N6O4. The number of carbonyl (C=O) groups is 1. The van der Waals surface area contributed by atoms with Gasteiger partial charge in [-0.05, 0) is 30.3 Å². The number of nitrogens with zero attached hydrogens (tertiary/aromatic N) is 5. The average Bonchev–Trinajstić information content (AvgIpc) is 3.29. The van der Waals surface area contributed by atoms with Gasteiger partial charge in [-0.15, -0.1) is 5.10 Å². The normalized spacial score (nSPS) is 17.3. The van der Waals surface area contributed by atoms with E-state index in [2.05, 4.69) is 20.3 Å². The van der Waals surface area contributed by atoms with Gasteiger partial charge in [0, 0.05) is 57.4 Å². The van der Waals surface area contributed by atoms with Crippen molar-refractivity contribution in [2.24, 2.45) is 0 Å². The summed E-state index contributed by atoms with van der Waals surface area (Å²) in [6, 6.07) is 11.1. The molecule has 174 valence electrons. The fraction of sp³-hybridized carbons (Fsp3) is 0.435. The van der Waals surface area contributed by atoms with Crippen LogP contribution < -0.4 is 14.8 Å². The third-order valence-electron chi connectivity index (χ3n) is 5.83. The summed E-state index contributed by atoms with van der Waals surface area (Å²) in [6.45, 7) is 7.76. The number of carbonyl (C=O) groups excluding carboxylic acids is 1. The summed E-state index contributed by atoms with van der Waals surface area (Å²) < 4.78 is 18.4. The predicted molar refractivity (Wildman–Crippen MR) is 122 cm³/mol. The molecule has 0 unspecified atom stereocenters. The summed E-state index contributed by atoms with van der Waals surface area (Å²) in [7, 11) is 0. The molecule has 0 spiro atoms. The second-order valence-electron chi connectivity index (χ2n) is 8.02. The minimum atomic E-state index is -0.356. The highest BCUT2D eigenvalue weighted by molar-refractivity contribution is 5.71. The van der Waals surface area contributed by atoms with Crippen LogP contribution in [0.3, 0.4) is 0 Å². The minimum Gasteiger partial charge on any atom is -0.475 e. The van der Waals surface area contributed by atoms with Crippen LogP contribution in [0.4, 0.5) is 4.79 Å². The van der Waals surface area contributed by atoms with Crippen molar-refractivity contribution in [3.05, 3.63) is 42.6 Å². The summed E-state index contributed by atoms with van der Waals surface area (Å²) in [5, 5.41) is 7.98. The molecule has 4 heterocycles. The van der Waals surface area contributed by atoms with Crippen LogP contribution in [-0.4, -0.2) is 96.1 Å². The molecule has 3 aromatic rings. The lowest BCUT2D eigenvalue weighted by molar-refractivity contribution is 0.0416. The van der Waals surface area contributed by atoms with Gasteiger partial charge < -0.3 is 24.4 Å². The van der Waals surface area contributed by atoms with Crippen LogP contribution in [0, 0.1) is 0 Å². The van der Waals surface area contributed by atoms with E-state index in [9.17, 15) is 4.79 Å². The number of ether oxygens (including phenoxy) is 3. The number of imidazole rings is 1. The smallest absolute Gasteiger partial charge is 0.415 e. The van der Waals surface area contributed by atoms with Crippen LogP contribution in [0.15, 0.2) is 42.6 Å². The number of piperazine rings is 1. The Balaban J connectivity index is 1.24. The van der Waals surface area contributed by atoms with E-state index >= 15 is 0 Å². The van der Waals surface area contributed by atoms with E-state index < -0.39 is 0 Å². The molecule has 2 aliphatic rings. The monoisotopic (exact) mass is 452 g/mol. The molecule has 10 nitrogen and oxygen atoms in total. The van der Waals surface area contributed by atoms with Crippen LogP contribution in [0.5, 0.6) is 11.6 Å². The largest absolute Gasteiger partial charge is 0.475 e. The maximum Gasteiger partial charge on any atom is 0.415 e. The number of fused-ring (bicyclic) bond motifs is 1. The molecule has 10 heteroatoms. The minimum absolute atomic E-state index is 0.356. The molecule has 0 radical (unpaired) electrons. The molecule has 0 saturated carbocycles. The van der Waals surface area contributed by atoms with Crippen molar-refractivity contribution in [3.63, 3.8) is 0 Å². The van der Waals surface area contributed by atoms with Crippen LogP contribution in [0.25, 0.3) is 16.9 Å². The molecule has 0 aliphatic carbocycles. The van der Waals surface area contributed by atoms with E-state index in [0.29, 0.717) is 44.5 Å². The van der Waals surface area contributed by atoms with Gasteiger partial charge in [0.2, 0.25) is 5.88 Å². The molecule has 1 N–H and O–H groups in total. The standard InChI is InChI=1S/C23H28N6O4/c30-23(28-12-14-31-15-13-28)33-19-3-1-18(2-4-19)20-17-25-21-5-6-22(26-29(20)21)32-16-11-27-9-7-24-8-10-27/h1-6,17,24H,7-16H2. The third kappa shape index (κ3) is 5.24. The van der Waals surface area contributed by atoms with E-state index in [0.717, 1.165) is 49.6 Å². The Morgan fingerprint density at radius 1 is 1.03 bits per heavy atom. The number of hydrogen-bond acceptors (Lipinski definition) is 8. The van der Waals surface area contributed by atoms with E-state index in [1.165, 1.54) is 0 Å².